The van der Waals surface area contributed by atoms with Crippen LogP contribution in [0.5, 0.6) is 0 Å². The van der Waals surface area contributed by atoms with Crippen LogP contribution in [0.3, 0.4) is 0 Å². The van der Waals surface area contributed by atoms with Gasteiger partial charge in [-0.15, -0.1) is 0 Å². The zero-order chi connectivity index (χ0) is 12.8. The molecule has 0 atom stereocenters. The lowest BCUT2D eigenvalue weighted by atomic mass is 10.0. The van der Waals surface area contributed by atoms with Gasteiger partial charge in [0.1, 0.15) is 0 Å². The van der Waals surface area contributed by atoms with Crippen LogP contribution >= 0.6 is 12.6 Å². The van der Waals surface area contributed by atoms with Gasteiger partial charge in [0.25, 0.3) is 0 Å². The number of rotatable bonds is 4. The van der Waals surface area contributed by atoms with Crippen molar-refractivity contribution in [3.63, 3.8) is 0 Å². The Bertz CT molecular complexity index is 508. The van der Waals surface area contributed by atoms with Gasteiger partial charge in [-0.25, -0.2) is 0 Å². The van der Waals surface area contributed by atoms with Gasteiger partial charge in [0.15, 0.2) is 0 Å². The minimum atomic E-state index is -0.0888. The van der Waals surface area contributed by atoms with E-state index in [1.165, 1.54) is 11.1 Å². The highest BCUT2D eigenvalue weighted by Crippen LogP contribution is 2.13. The number of anilines is 1. The predicted octanol–water partition coefficient (Wildman–Crippen LogP) is 3.15. The minimum Gasteiger partial charge on any atom is -0.325 e. The van der Waals surface area contributed by atoms with Gasteiger partial charge in [-0.3, -0.25) is 4.79 Å². The van der Waals surface area contributed by atoms with Crippen molar-refractivity contribution in [2.45, 2.75) is 6.42 Å². The molecule has 0 radical (unpaired) electrons. The van der Waals surface area contributed by atoms with Gasteiger partial charge in [0, 0.05) is 5.69 Å². The maximum atomic E-state index is 11.2. The number of benzene rings is 2. The maximum absolute atomic E-state index is 11.2. The third-order valence-corrected chi connectivity index (χ3v) is 2.92. The summed E-state index contributed by atoms with van der Waals surface area (Å²) < 4.78 is 0. The summed E-state index contributed by atoms with van der Waals surface area (Å²) in [7, 11) is 0. The van der Waals surface area contributed by atoms with E-state index >= 15 is 0 Å². The van der Waals surface area contributed by atoms with Gasteiger partial charge in [0.05, 0.1) is 5.75 Å². The van der Waals surface area contributed by atoms with Gasteiger partial charge in [0.2, 0.25) is 5.91 Å². The van der Waals surface area contributed by atoms with E-state index in [1.54, 1.807) is 0 Å². The molecule has 0 aromatic heterocycles. The summed E-state index contributed by atoms with van der Waals surface area (Å²) in [4.78, 5) is 11.2. The second kappa shape index (κ2) is 6.26. The van der Waals surface area contributed by atoms with Crippen molar-refractivity contribution < 1.29 is 4.79 Å². The Balaban J connectivity index is 2.02. The van der Waals surface area contributed by atoms with E-state index in [-0.39, 0.29) is 11.7 Å². The van der Waals surface area contributed by atoms with Crippen LogP contribution in [0.1, 0.15) is 11.1 Å². The molecule has 2 rings (SSSR count). The summed E-state index contributed by atoms with van der Waals surface area (Å²) in [5, 5.41) is 2.77. The zero-order valence-corrected chi connectivity index (χ0v) is 10.9. The summed E-state index contributed by atoms with van der Waals surface area (Å²) >= 11 is 3.92. The third kappa shape index (κ3) is 3.64. The molecule has 1 N–H and O–H groups in total. The Hall–Kier alpha value is -1.74. The van der Waals surface area contributed by atoms with Crippen LogP contribution in [0.2, 0.25) is 0 Å². The zero-order valence-electron chi connectivity index (χ0n) is 9.97. The van der Waals surface area contributed by atoms with Gasteiger partial charge in [-0.1, -0.05) is 42.5 Å². The SMILES string of the molecule is O=C(CS)Nc1ccc(Cc2ccccc2)cc1. The molecule has 1 amide bonds. The normalized spacial score (nSPS) is 10.1. The Morgan fingerprint density at radius 1 is 0.944 bits per heavy atom. The Kier molecular flexibility index (Phi) is 4.42. The van der Waals surface area contributed by atoms with Crippen molar-refractivity contribution in [2.75, 3.05) is 11.1 Å². The van der Waals surface area contributed by atoms with E-state index in [0.29, 0.717) is 0 Å². The molecular formula is C15H15NOS. The number of hydrogen-bond donors (Lipinski definition) is 2. The van der Waals surface area contributed by atoms with Crippen molar-refractivity contribution in [1.29, 1.82) is 0 Å². The third-order valence-electron chi connectivity index (χ3n) is 2.63. The van der Waals surface area contributed by atoms with Crippen LogP contribution in [0.4, 0.5) is 5.69 Å². The second-order valence-corrected chi connectivity index (χ2v) is 4.38. The van der Waals surface area contributed by atoms with Crippen LogP contribution in [-0.4, -0.2) is 11.7 Å². The topological polar surface area (TPSA) is 29.1 Å². The molecule has 0 heterocycles. The molecule has 0 unspecified atom stereocenters. The Labute approximate surface area is 112 Å². The van der Waals surface area contributed by atoms with E-state index in [2.05, 4.69) is 30.1 Å². The summed E-state index contributed by atoms with van der Waals surface area (Å²) in [5.74, 6) is 0.111. The van der Waals surface area contributed by atoms with Crippen molar-refractivity contribution in [1.82, 2.24) is 0 Å². The lowest BCUT2D eigenvalue weighted by Gasteiger charge is -2.05. The van der Waals surface area contributed by atoms with E-state index < -0.39 is 0 Å². The van der Waals surface area contributed by atoms with Crippen molar-refractivity contribution >= 4 is 24.2 Å². The molecule has 2 aromatic carbocycles. The van der Waals surface area contributed by atoms with Gasteiger partial charge in [-0.2, -0.15) is 12.6 Å². The molecule has 0 saturated carbocycles. The fourth-order valence-corrected chi connectivity index (χ4v) is 1.82. The summed E-state index contributed by atoms with van der Waals surface area (Å²) in [6.07, 6.45) is 0.904. The van der Waals surface area contributed by atoms with Crippen molar-refractivity contribution in [3.05, 3.63) is 65.7 Å². The highest BCUT2D eigenvalue weighted by Gasteiger charge is 2.00. The standard InChI is InChI=1S/C15H15NOS/c17-15(11-18)16-14-8-6-13(7-9-14)10-12-4-2-1-3-5-12/h1-9,18H,10-11H2,(H,16,17). The fraction of sp³-hybridized carbons (Fsp3) is 0.133. The molecule has 2 aromatic rings. The van der Waals surface area contributed by atoms with E-state index in [1.807, 2.05) is 42.5 Å². The number of hydrogen-bond acceptors (Lipinski definition) is 2. The molecule has 0 fully saturated rings. The second-order valence-electron chi connectivity index (χ2n) is 4.07. The highest BCUT2D eigenvalue weighted by atomic mass is 32.1. The summed E-state index contributed by atoms with van der Waals surface area (Å²) in [6, 6.07) is 18.2. The van der Waals surface area contributed by atoms with E-state index in [9.17, 15) is 4.79 Å². The fourth-order valence-electron chi connectivity index (χ4n) is 1.74. The van der Waals surface area contributed by atoms with Crippen LogP contribution in [-0.2, 0) is 11.2 Å². The van der Waals surface area contributed by atoms with Crippen LogP contribution in [0.15, 0.2) is 54.6 Å². The average molecular weight is 257 g/mol. The quantitative estimate of drug-likeness (QED) is 0.809. The van der Waals surface area contributed by atoms with Gasteiger partial charge >= 0.3 is 0 Å². The molecule has 0 aliphatic rings. The predicted molar refractivity (Wildman–Crippen MR) is 78.2 cm³/mol. The monoisotopic (exact) mass is 257 g/mol. The summed E-state index contributed by atoms with van der Waals surface area (Å²) in [6.45, 7) is 0. The van der Waals surface area contributed by atoms with E-state index in [0.717, 1.165) is 12.1 Å². The molecule has 2 nitrogen and oxygen atoms in total. The first kappa shape index (κ1) is 12.7. The molecule has 0 saturated heterocycles. The Morgan fingerprint density at radius 2 is 1.56 bits per heavy atom. The maximum Gasteiger partial charge on any atom is 0.234 e. The summed E-state index contributed by atoms with van der Waals surface area (Å²) in [5.41, 5.74) is 3.32. The number of thiol groups is 1. The molecule has 0 bridgehead atoms. The van der Waals surface area contributed by atoms with Crippen LogP contribution < -0.4 is 5.32 Å². The number of carbonyl (C=O) groups excluding carboxylic acids is 1. The molecule has 92 valence electrons. The molecule has 18 heavy (non-hydrogen) atoms. The first-order chi connectivity index (χ1) is 8.78. The first-order valence-corrected chi connectivity index (χ1v) is 6.45. The lowest BCUT2D eigenvalue weighted by Crippen LogP contribution is -2.12. The lowest BCUT2D eigenvalue weighted by molar-refractivity contribution is -0.113. The van der Waals surface area contributed by atoms with E-state index in [4.69, 9.17) is 0 Å². The van der Waals surface area contributed by atoms with Crippen molar-refractivity contribution in [2.24, 2.45) is 0 Å². The van der Waals surface area contributed by atoms with Gasteiger partial charge in [-0.05, 0) is 29.7 Å². The molecule has 0 aliphatic heterocycles. The molecule has 0 spiro atoms. The largest absolute Gasteiger partial charge is 0.325 e. The minimum absolute atomic E-state index is 0.0888. The Morgan fingerprint density at radius 3 is 2.17 bits per heavy atom. The smallest absolute Gasteiger partial charge is 0.234 e. The number of amides is 1. The number of carbonyl (C=O) groups is 1. The average Bonchev–Trinajstić information content (AvgIpc) is 2.42. The highest BCUT2D eigenvalue weighted by molar-refractivity contribution is 7.81. The number of nitrogens with one attached hydrogen (secondary N) is 1. The van der Waals surface area contributed by atoms with Crippen LogP contribution in [0, 0.1) is 0 Å². The molecule has 0 aliphatic carbocycles. The molecule has 3 heteroatoms. The molecular weight excluding hydrogens is 242 g/mol. The van der Waals surface area contributed by atoms with Crippen molar-refractivity contribution in [3.8, 4) is 0 Å². The van der Waals surface area contributed by atoms with Gasteiger partial charge < -0.3 is 5.32 Å². The van der Waals surface area contributed by atoms with Crippen LogP contribution in [0.25, 0.3) is 0 Å². The first-order valence-electron chi connectivity index (χ1n) is 5.81.